The van der Waals surface area contributed by atoms with Gasteiger partial charge in [-0.05, 0) is 25.0 Å². The summed E-state index contributed by atoms with van der Waals surface area (Å²) in [6, 6.07) is 8.30. The molecule has 2 heterocycles. The Kier molecular flexibility index (Phi) is 4.63. The number of sulfonamides is 1. The number of nitrogens with zero attached hydrogens (tertiary/aromatic N) is 4. The Morgan fingerprint density at radius 2 is 2.08 bits per heavy atom. The smallest absolute Gasteiger partial charge is 0.243 e. The maximum absolute atomic E-state index is 12.7. The molecule has 1 N–H and O–H groups in total. The molecule has 1 unspecified atom stereocenters. The fourth-order valence-electron chi connectivity index (χ4n) is 2.84. The number of carbonyl (C=O) groups is 1. The molecule has 3 rings (SSSR count). The Morgan fingerprint density at radius 1 is 1.33 bits per heavy atom. The van der Waals surface area contributed by atoms with Crippen molar-refractivity contribution in [2.24, 2.45) is 5.92 Å². The van der Waals surface area contributed by atoms with E-state index in [1.807, 2.05) is 0 Å². The van der Waals surface area contributed by atoms with Gasteiger partial charge in [0.25, 0.3) is 0 Å². The van der Waals surface area contributed by atoms with E-state index in [0.29, 0.717) is 25.3 Å². The molecule has 0 bridgehead atoms. The minimum Gasteiger partial charge on any atom is -0.284 e. The lowest BCUT2D eigenvalue weighted by Gasteiger charge is -2.32. The first-order valence-electron chi connectivity index (χ1n) is 7.68. The summed E-state index contributed by atoms with van der Waals surface area (Å²) in [4.78, 5) is 18.2. The maximum Gasteiger partial charge on any atom is 0.243 e. The zero-order valence-electron chi connectivity index (χ0n) is 13.3. The van der Waals surface area contributed by atoms with Crippen molar-refractivity contribution in [1.29, 1.82) is 0 Å². The molecule has 0 radical (unpaired) electrons. The van der Waals surface area contributed by atoms with E-state index in [2.05, 4.69) is 15.2 Å². The highest BCUT2D eigenvalue weighted by Crippen LogP contribution is 2.25. The van der Waals surface area contributed by atoms with Gasteiger partial charge in [0.05, 0.1) is 10.8 Å². The number of amides is 1. The van der Waals surface area contributed by atoms with Crippen molar-refractivity contribution in [3.63, 3.8) is 0 Å². The average Bonchev–Trinajstić information content (AvgIpc) is 3.16. The highest BCUT2D eigenvalue weighted by atomic mass is 32.2. The van der Waals surface area contributed by atoms with E-state index in [1.54, 1.807) is 37.4 Å². The van der Waals surface area contributed by atoms with Gasteiger partial charge in [-0.3, -0.25) is 9.69 Å². The number of hydrogen-bond acceptors (Lipinski definition) is 5. The molecule has 1 aliphatic rings. The summed E-state index contributed by atoms with van der Waals surface area (Å²) in [5, 5.41) is 6.36. The number of benzene rings is 1. The quantitative estimate of drug-likeness (QED) is 0.883. The van der Waals surface area contributed by atoms with Crippen LogP contribution in [0.5, 0.6) is 0 Å². The first-order chi connectivity index (χ1) is 11.5. The third-order valence-electron chi connectivity index (χ3n) is 4.16. The highest BCUT2D eigenvalue weighted by molar-refractivity contribution is 7.89. The topological polar surface area (TPSA) is 99.3 Å². The first-order valence-corrected chi connectivity index (χ1v) is 9.12. The van der Waals surface area contributed by atoms with Crippen molar-refractivity contribution in [3.8, 4) is 0 Å². The molecule has 1 fully saturated rings. The maximum atomic E-state index is 12.7. The van der Waals surface area contributed by atoms with Gasteiger partial charge in [0.15, 0.2) is 0 Å². The molecule has 1 aliphatic heterocycles. The number of piperidine rings is 1. The minimum atomic E-state index is -3.58. The van der Waals surface area contributed by atoms with Gasteiger partial charge in [-0.25, -0.2) is 13.5 Å². The van der Waals surface area contributed by atoms with Gasteiger partial charge in [-0.1, -0.05) is 18.2 Å². The molecule has 2 aromatic rings. The van der Waals surface area contributed by atoms with Crippen LogP contribution in [0.15, 0.2) is 41.6 Å². The molecular formula is C15H19N5O3S. The van der Waals surface area contributed by atoms with Crippen LogP contribution in [0.3, 0.4) is 0 Å². The third-order valence-corrected chi connectivity index (χ3v) is 6.04. The summed E-state index contributed by atoms with van der Waals surface area (Å²) in [7, 11) is -1.98. The minimum absolute atomic E-state index is 0.167. The van der Waals surface area contributed by atoms with Gasteiger partial charge >= 0.3 is 0 Å². The summed E-state index contributed by atoms with van der Waals surface area (Å²) < 4.78 is 26.8. The molecule has 1 amide bonds. The predicted octanol–water partition coefficient (Wildman–Crippen LogP) is 0.868. The fraction of sp³-hybridized carbons (Fsp3) is 0.400. The fourth-order valence-corrected chi connectivity index (χ4v) is 4.39. The van der Waals surface area contributed by atoms with Crippen LogP contribution in [-0.2, 0) is 14.8 Å². The van der Waals surface area contributed by atoms with Gasteiger partial charge < -0.3 is 0 Å². The monoisotopic (exact) mass is 349 g/mol. The van der Waals surface area contributed by atoms with Gasteiger partial charge in [-0.2, -0.15) is 14.4 Å². The number of rotatable bonds is 4. The molecule has 1 aromatic carbocycles. The highest BCUT2D eigenvalue weighted by Gasteiger charge is 2.35. The number of carbonyl (C=O) groups excluding carboxylic acids is 1. The van der Waals surface area contributed by atoms with Gasteiger partial charge in [0, 0.05) is 20.1 Å². The van der Waals surface area contributed by atoms with Crippen LogP contribution in [0, 0.1) is 5.92 Å². The lowest BCUT2D eigenvalue weighted by Crippen LogP contribution is -2.46. The van der Waals surface area contributed by atoms with Crippen molar-refractivity contribution in [2.75, 3.05) is 25.0 Å². The standard InChI is InChI=1S/C15H19N5O3S/c1-19(15-16-11-17-18-15)14(21)12-6-5-9-20(10-12)24(22,23)13-7-3-2-4-8-13/h2-4,7-8,11-12H,5-6,9-10H2,1H3,(H,16,17,18). The molecule has 0 aliphatic carbocycles. The van der Waals surface area contributed by atoms with Crippen LogP contribution in [-0.4, -0.2) is 53.9 Å². The van der Waals surface area contributed by atoms with E-state index in [4.69, 9.17) is 0 Å². The van der Waals surface area contributed by atoms with Crippen LogP contribution in [0.25, 0.3) is 0 Å². The third kappa shape index (κ3) is 3.17. The zero-order chi connectivity index (χ0) is 17.2. The predicted molar refractivity (Wildman–Crippen MR) is 87.7 cm³/mol. The molecule has 128 valence electrons. The second-order valence-corrected chi connectivity index (χ2v) is 7.66. The van der Waals surface area contributed by atoms with E-state index < -0.39 is 15.9 Å². The number of H-pyrrole nitrogens is 1. The summed E-state index contributed by atoms with van der Waals surface area (Å²) in [5.41, 5.74) is 0. The Bertz CT molecular complexity index is 792. The molecule has 1 aromatic heterocycles. The van der Waals surface area contributed by atoms with Crippen LogP contribution >= 0.6 is 0 Å². The van der Waals surface area contributed by atoms with Crippen molar-refractivity contribution in [1.82, 2.24) is 19.5 Å². The van der Waals surface area contributed by atoms with Crippen molar-refractivity contribution in [3.05, 3.63) is 36.7 Å². The second kappa shape index (κ2) is 6.70. The molecule has 0 spiro atoms. The van der Waals surface area contributed by atoms with Gasteiger partial charge in [0.1, 0.15) is 6.33 Å². The van der Waals surface area contributed by atoms with Crippen molar-refractivity contribution in [2.45, 2.75) is 17.7 Å². The van der Waals surface area contributed by atoms with Gasteiger partial charge in [-0.15, -0.1) is 0 Å². The summed E-state index contributed by atoms with van der Waals surface area (Å²) in [6.45, 7) is 0.599. The number of nitrogens with one attached hydrogen (secondary N) is 1. The average molecular weight is 349 g/mol. The first kappa shape index (κ1) is 16.6. The molecule has 0 saturated carbocycles. The van der Waals surface area contributed by atoms with Crippen LogP contribution in [0.2, 0.25) is 0 Å². The molecule has 1 saturated heterocycles. The molecule has 1 atom stereocenters. The van der Waals surface area contributed by atoms with Crippen LogP contribution < -0.4 is 4.90 Å². The molecular weight excluding hydrogens is 330 g/mol. The van der Waals surface area contributed by atoms with E-state index in [-0.39, 0.29) is 17.3 Å². The lowest BCUT2D eigenvalue weighted by atomic mass is 9.98. The number of hydrogen-bond donors (Lipinski definition) is 1. The molecule has 9 heteroatoms. The van der Waals surface area contributed by atoms with E-state index >= 15 is 0 Å². The van der Waals surface area contributed by atoms with E-state index in [0.717, 1.165) is 0 Å². The number of aromatic amines is 1. The summed E-state index contributed by atoms with van der Waals surface area (Å²) in [6.07, 6.45) is 2.62. The van der Waals surface area contributed by atoms with E-state index in [9.17, 15) is 13.2 Å². The normalized spacial score (nSPS) is 19.1. The van der Waals surface area contributed by atoms with E-state index in [1.165, 1.54) is 15.5 Å². The SMILES string of the molecule is CN(C(=O)C1CCCN(S(=O)(=O)c2ccccc2)C1)c1ncn[nH]1. The Balaban J connectivity index is 1.76. The largest absolute Gasteiger partial charge is 0.284 e. The van der Waals surface area contributed by atoms with Crippen LogP contribution in [0.4, 0.5) is 5.95 Å². The lowest BCUT2D eigenvalue weighted by molar-refractivity contribution is -0.123. The van der Waals surface area contributed by atoms with Crippen molar-refractivity contribution >= 4 is 21.9 Å². The van der Waals surface area contributed by atoms with Gasteiger partial charge in [0.2, 0.25) is 21.9 Å². The summed E-state index contributed by atoms with van der Waals surface area (Å²) in [5.74, 6) is -0.213. The molecule has 24 heavy (non-hydrogen) atoms. The number of aromatic nitrogens is 3. The number of anilines is 1. The van der Waals surface area contributed by atoms with Crippen molar-refractivity contribution < 1.29 is 13.2 Å². The van der Waals surface area contributed by atoms with Crippen LogP contribution in [0.1, 0.15) is 12.8 Å². The molecule has 8 nitrogen and oxygen atoms in total. The Hall–Kier alpha value is -2.26. The Labute approximate surface area is 140 Å². The Morgan fingerprint density at radius 3 is 2.75 bits per heavy atom. The summed E-state index contributed by atoms with van der Waals surface area (Å²) >= 11 is 0. The zero-order valence-corrected chi connectivity index (χ0v) is 14.1. The second-order valence-electron chi connectivity index (χ2n) is 5.72.